The van der Waals surface area contributed by atoms with Crippen LogP contribution in [0.1, 0.15) is 18.9 Å². The molecule has 0 bridgehead atoms. The minimum Gasteiger partial charge on any atom is -0.382 e. The van der Waals surface area contributed by atoms with E-state index in [0.717, 1.165) is 39.3 Å². The Balaban J connectivity index is 1.77. The summed E-state index contributed by atoms with van der Waals surface area (Å²) in [6, 6.07) is 8.69. The van der Waals surface area contributed by atoms with Gasteiger partial charge in [-0.15, -0.1) is 0 Å². The SMILES string of the molecule is CCOCCCNCCn1ccc2c(C)cccc21. The summed E-state index contributed by atoms with van der Waals surface area (Å²) in [6.45, 7) is 8.92. The van der Waals surface area contributed by atoms with Crippen LogP contribution in [0.2, 0.25) is 0 Å². The standard InChI is InChI=1S/C16H24N2O/c1-3-19-13-5-9-17-10-12-18-11-8-15-14(2)6-4-7-16(15)18/h4,6-8,11,17H,3,5,9-10,12-13H2,1-2H3. The van der Waals surface area contributed by atoms with Crippen molar-refractivity contribution < 1.29 is 4.74 Å². The summed E-state index contributed by atoms with van der Waals surface area (Å²) in [4.78, 5) is 0. The van der Waals surface area contributed by atoms with Crippen molar-refractivity contribution >= 4 is 10.9 Å². The highest BCUT2D eigenvalue weighted by Gasteiger charge is 2.01. The zero-order chi connectivity index (χ0) is 13.5. The predicted molar refractivity (Wildman–Crippen MR) is 80.7 cm³/mol. The summed E-state index contributed by atoms with van der Waals surface area (Å²) in [5, 5.41) is 4.82. The molecular formula is C16H24N2O. The first kappa shape index (κ1) is 14.1. The van der Waals surface area contributed by atoms with E-state index in [2.05, 4.69) is 47.3 Å². The summed E-state index contributed by atoms with van der Waals surface area (Å²) in [6.07, 6.45) is 3.26. The molecule has 2 aromatic rings. The van der Waals surface area contributed by atoms with Crippen molar-refractivity contribution in [2.24, 2.45) is 0 Å². The lowest BCUT2D eigenvalue weighted by Crippen LogP contribution is -2.21. The van der Waals surface area contributed by atoms with Crippen LogP contribution in [0, 0.1) is 6.92 Å². The van der Waals surface area contributed by atoms with Crippen LogP contribution in [0.4, 0.5) is 0 Å². The zero-order valence-corrected chi connectivity index (χ0v) is 12.0. The Morgan fingerprint density at radius 1 is 1.21 bits per heavy atom. The number of nitrogens with one attached hydrogen (secondary N) is 1. The Morgan fingerprint density at radius 3 is 2.95 bits per heavy atom. The van der Waals surface area contributed by atoms with Gasteiger partial charge < -0.3 is 14.6 Å². The normalized spacial score (nSPS) is 11.3. The highest BCUT2D eigenvalue weighted by atomic mass is 16.5. The maximum atomic E-state index is 5.31. The van der Waals surface area contributed by atoms with Crippen LogP contribution in [0.3, 0.4) is 0 Å². The summed E-state index contributed by atoms with van der Waals surface area (Å²) < 4.78 is 7.63. The molecule has 1 aromatic carbocycles. The van der Waals surface area contributed by atoms with Crippen LogP contribution >= 0.6 is 0 Å². The third-order valence-electron chi connectivity index (χ3n) is 3.41. The third-order valence-corrected chi connectivity index (χ3v) is 3.41. The molecule has 1 aromatic heterocycles. The molecule has 19 heavy (non-hydrogen) atoms. The molecular weight excluding hydrogens is 236 g/mol. The lowest BCUT2D eigenvalue weighted by atomic mass is 10.1. The van der Waals surface area contributed by atoms with Crippen molar-refractivity contribution in [2.75, 3.05) is 26.3 Å². The molecule has 1 heterocycles. The Hall–Kier alpha value is -1.32. The van der Waals surface area contributed by atoms with Crippen molar-refractivity contribution in [3.8, 4) is 0 Å². The quantitative estimate of drug-likeness (QED) is 0.739. The van der Waals surface area contributed by atoms with Gasteiger partial charge in [0.25, 0.3) is 0 Å². The molecule has 1 N–H and O–H groups in total. The van der Waals surface area contributed by atoms with E-state index in [1.807, 2.05) is 6.92 Å². The van der Waals surface area contributed by atoms with Crippen LogP contribution in [0.5, 0.6) is 0 Å². The van der Waals surface area contributed by atoms with Gasteiger partial charge in [-0.2, -0.15) is 0 Å². The van der Waals surface area contributed by atoms with Crippen molar-refractivity contribution in [1.82, 2.24) is 9.88 Å². The van der Waals surface area contributed by atoms with E-state index in [1.54, 1.807) is 0 Å². The van der Waals surface area contributed by atoms with E-state index in [9.17, 15) is 0 Å². The van der Waals surface area contributed by atoms with Crippen LogP contribution in [0.15, 0.2) is 30.5 Å². The van der Waals surface area contributed by atoms with E-state index in [-0.39, 0.29) is 0 Å². The van der Waals surface area contributed by atoms with Gasteiger partial charge in [0.1, 0.15) is 0 Å². The fourth-order valence-electron chi connectivity index (χ4n) is 2.34. The minimum atomic E-state index is 0.814. The fraction of sp³-hybridized carbons (Fsp3) is 0.500. The molecule has 0 spiro atoms. The van der Waals surface area contributed by atoms with E-state index in [0.29, 0.717) is 0 Å². The largest absolute Gasteiger partial charge is 0.382 e. The van der Waals surface area contributed by atoms with Crippen LogP contribution in [-0.2, 0) is 11.3 Å². The number of nitrogens with zero attached hydrogens (tertiary/aromatic N) is 1. The molecule has 0 radical (unpaired) electrons. The summed E-state index contributed by atoms with van der Waals surface area (Å²) in [7, 11) is 0. The number of fused-ring (bicyclic) bond motifs is 1. The molecule has 0 atom stereocenters. The first-order valence-corrected chi connectivity index (χ1v) is 7.16. The highest BCUT2D eigenvalue weighted by Crippen LogP contribution is 2.19. The molecule has 0 saturated carbocycles. The molecule has 0 aliphatic carbocycles. The molecule has 3 nitrogen and oxygen atoms in total. The van der Waals surface area contributed by atoms with Gasteiger partial charge in [-0.1, -0.05) is 12.1 Å². The number of benzene rings is 1. The number of hydrogen-bond donors (Lipinski definition) is 1. The van der Waals surface area contributed by atoms with Crippen molar-refractivity contribution in [3.05, 3.63) is 36.0 Å². The van der Waals surface area contributed by atoms with Crippen molar-refractivity contribution in [2.45, 2.75) is 26.8 Å². The first-order chi connectivity index (χ1) is 9.33. The Morgan fingerprint density at radius 2 is 2.11 bits per heavy atom. The Bertz CT molecular complexity index is 504. The van der Waals surface area contributed by atoms with Gasteiger partial charge in [0.15, 0.2) is 0 Å². The van der Waals surface area contributed by atoms with Gasteiger partial charge in [0.05, 0.1) is 0 Å². The average Bonchev–Trinajstić information content (AvgIpc) is 2.83. The maximum absolute atomic E-state index is 5.31. The monoisotopic (exact) mass is 260 g/mol. The van der Waals surface area contributed by atoms with E-state index in [4.69, 9.17) is 4.74 Å². The molecule has 0 fully saturated rings. The number of aromatic nitrogens is 1. The second-order valence-electron chi connectivity index (χ2n) is 4.82. The molecule has 104 valence electrons. The number of rotatable bonds is 8. The van der Waals surface area contributed by atoms with Gasteiger partial charge >= 0.3 is 0 Å². The first-order valence-electron chi connectivity index (χ1n) is 7.16. The topological polar surface area (TPSA) is 26.2 Å². The summed E-state index contributed by atoms with van der Waals surface area (Å²) >= 11 is 0. The molecule has 0 aliphatic heterocycles. The Labute approximate surface area is 115 Å². The molecule has 0 unspecified atom stereocenters. The summed E-state index contributed by atoms with van der Waals surface area (Å²) in [5.41, 5.74) is 2.68. The third kappa shape index (κ3) is 3.82. The predicted octanol–water partition coefficient (Wildman–Crippen LogP) is 2.97. The second kappa shape index (κ2) is 7.31. The summed E-state index contributed by atoms with van der Waals surface area (Å²) in [5.74, 6) is 0. The molecule has 0 aliphatic rings. The number of aryl methyl sites for hydroxylation is 1. The zero-order valence-electron chi connectivity index (χ0n) is 12.0. The van der Waals surface area contributed by atoms with Gasteiger partial charge in [0.2, 0.25) is 0 Å². The van der Waals surface area contributed by atoms with Gasteiger partial charge in [-0.25, -0.2) is 0 Å². The Kier molecular flexibility index (Phi) is 5.43. The van der Waals surface area contributed by atoms with Crippen LogP contribution < -0.4 is 5.32 Å². The molecule has 3 heteroatoms. The average molecular weight is 260 g/mol. The van der Waals surface area contributed by atoms with Crippen molar-refractivity contribution in [1.29, 1.82) is 0 Å². The molecule has 2 rings (SSSR count). The number of ether oxygens (including phenoxy) is 1. The molecule has 0 amide bonds. The maximum Gasteiger partial charge on any atom is 0.0483 e. The van der Waals surface area contributed by atoms with Gasteiger partial charge in [-0.05, 0) is 44.5 Å². The van der Waals surface area contributed by atoms with Crippen molar-refractivity contribution in [3.63, 3.8) is 0 Å². The minimum absolute atomic E-state index is 0.814. The van der Waals surface area contributed by atoms with Gasteiger partial charge in [0, 0.05) is 43.4 Å². The second-order valence-corrected chi connectivity index (χ2v) is 4.82. The van der Waals surface area contributed by atoms with E-state index < -0.39 is 0 Å². The van der Waals surface area contributed by atoms with Crippen LogP contribution in [-0.4, -0.2) is 30.9 Å². The highest BCUT2D eigenvalue weighted by molar-refractivity contribution is 5.83. The fourth-order valence-corrected chi connectivity index (χ4v) is 2.34. The lowest BCUT2D eigenvalue weighted by Gasteiger charge is -2.08. The van der Waals surface area contributed by atoms with Crippen LogP contribution in [0.25, 0.3) is 10.9 Å². The lowest BCUT2D eigenvalue weighted by molar-refractivity contribution is 0.145. The smallest absolute Gasteiger partial charge is 0.0483 e. The van der Waals surface area contributed by atoms with Gasteiger partial charge in [-0.3, -0.25) is 0 Å². The van der Waals surface area contributed by atoms with E-state index in [1.165, 1.54) is 16.5 Å². The van der Waals surface area contributed by atoms with E-state index >= 15 is 0 Å². The molecule has 0 saturated heterocycles. The number of hydrogen-bond acceptors (Lipinski definition) is 2.